The Balaban J connectivity index is 2.06. The Labute approximate surface area is 129 Å². The largest absolute Gasteiger partial charge is 0.385 e. The van der Waals surface area contributed by atoms with Gasteiger partial charge in [0.15, 0.2) is 0 Å². The summed E-state index contributed by atoms with van der Waals surface area (Å²) in [7, 11) is 0. The van der Waals surface area contributed by atoms with Crippen molar-refractivity contribution in [3.05, 3.63) is 35.5 Å². The van der Waals surface area contributed by atoms with Crippen LogP contribution in [0.25, 0.3) is 0 Å². The third kappa shape index (κ3) is 2.00. The Morgan fingerprint density at radius 1 is 1.19 bits per heavy atom. The fraction of sp³-hybridized carbons (Fsp3) is 0.700. The van der Waals surface area contributed by atoms with E-state index in [9.17, 15) is 5.11 Å². The Morgan fingerprint density at radius 3 is 2.57 bits per heavy atom. The number of aliphatic hydroxyl groups is 1. The quantitative estimate of drug-likeness (QED) is 0.659. The van der Waals surface area contributed by atoms with Crippen molar-refractivity contribution in [2.45, 2.75) is 71.8 Å². The van der Waals surface area contributed by atoms with Crippen molar-refractivity contribution in [2.24, 2.45) is 16.7 Å². The average Bonchev–Trinajstić information content (AvgIpc) is 2.67. The second kappa shape index (κ2) is 4.59. The molecule has 0 spiro atoms. The van der Waals surface area contributed by atoms with E-state index in [2.05, 4.69) is 46.4 Å². The topological polar surface area (TPSA) is 20.2 Å². The lowest BCUT2D eigenvalue weighted by atomic mass is 9.57. The van der Waals surface area contributed by atoms with Gasteiger partial charge >= 0.3 is 0 Å². The van der Waals surface area contributed by atoms with E-state index in [4.69, 9.17) is 0 Å². The highest BCUT2D eigenvalue weighted by Crippen LogP contribution is 2.60. The Bertz CT molecular complexity index is 538. The maximum atomic E-state index is 11.6. The minimum absolute atomic E-state index is 0.0369. The molecule has 0 heterocycles. The molecule has 1 saturated carbocycles. The van der Waals surface area contributed by atoms with Crippen LogP contribution in [0, 0.1) is 16.7 Å². The van der Waals surface area contributed by atoms with Crippen LogP contribution in [0.3, 0.4) is 0 Å². The van der Waals surface area contributed by atoms with E-state index in [1.54, 1.807) is 0 Å². The van der Waals surface area contributed by atoms with Crippen molar-refractivity contribution in [3.63, 3.8) is 0 Å². The molecule has 1 nitrogen and oxygen atoms in total. The van der Waals surface area contributed by atoms with Crippen molar-refractivity contribution in [1.82, 2.24) is 0 Å². The summed E-state index contributed by atoms with van der Waals surface area (Å²) in [5, 5.41) is 11.6. The highest BCUT2D eigenvalue weighted by molar-refractivity contribution is 5.46. The third-order valence-corrected chi connectivity index (χ3v) is 6.55. The summed E-state index contributed by atoms with van der Waals surface area (Å²) in [6.45, 7) is 13.5. The molecule has 0 saturated heterocycles. The molecule has 0 bridgehead atoms. The van der Waals surface area contributed by atoms with Gasteiger partial charge in [-0.05, 0) is 66.6 Å². The van der Waals surface area contributed by atoms with Gasteiger partial charge in [0, 0.05) is 5.41 Å². The number of rotatable bonds is 1. The highest BCUT2D eigenvalue weighted by Gasteiger charge is 2.56. The number of hydrogen-bond acceptors (Lipinski definition) is 1. The van der Waals surface area contributed by atoms with Gasteiger partial charge in [0.25, 0.3) is 0 Å². The van der Waals surface area contributed by atoms with Gasteiger partial charge in [-0.2, -0.15) is 0 Å². The summed E-state index contributed by atoms with van der Waals surface area (Å²) in [6, 6.07) is 0. The normalized spacial score (nSPS) is 43.0. The van der Waals surface area contributed by atoms with Crippen molar-refractivity contribution in [2.75, 3.05) is 0 Å². The highest BCUT2D eigenvalue weighted by atomic mass is 16.3. The predicted molar refractivity (Wildman–Crippen MR) is 89.0 cm³/mol. The number of hydrogen-bond donors (Lipinski definition) is 1. The second-order valence-corrected chi connectivity index (χ2v) is 8.46. The van der Waals surface area contributed by atoms with E-state index >= 15 is 0 Å². The van der Waals surface area contributed by atoms with Gasteiger partial charge in [0.05, 0.1) is 5.60 Å². The summed E-state index contributed by atoms with van der Waals surface area (Å²) in [5.74, 6) is 0.573. The van der Waals surface area contributed by atoms with Crippen molar-refractivity contribution < 1.29 is 5.11 Å². The monoisotopic (exact) mass is 286 g/mol. The van der Waals surface area contributed by atoms with E-state index in [-0.39, 0.29) is 10.8 Å². The van der Waals surface area contributed by atoms with Crippen LogP contribution in [0.15, 0.2) is 35.5 Å². The number of allylic oxidation sites excluding steroid dienone is 4. The molecule has 21 heavy (non-hydrogen) atoms. The molecule has 0 aromatic heterocycles. The van der Waals surface area contributed by atoms with Crippen LogP contribution in [-0.2, 0) is 0 Å². The second-order valence-electron chi connectivity index (χ2n) is 8.46. The fourth-order valence-electron chi connectivity index (χ4n) is 5.02. The van der Waals surface area contributed by atoms with Gasteiger partial charge in [-0.3, -0.25) is 0 Å². The first-order chi connectivity index (χ1) is 9.72. The lowest BCUT2D eigenvalue weighted by Crippen LogP contribution is -2.51. The SMILES string of the molecule is C=C1CCCC2(C)CC=C3C(C(C)C)=CCC3(C)CC12O. The van der Waals surface area contributed by atoms with E-state index in [0.29, 0.717) is 5.92 Å². The van der Waals surface area contributed by atoms with Gasteiger partial charge in [0.1, 0.15) is 0 Å². The Kier molecular flexibility index (Phi) is 3.30. The molecule has 0 aromatic carbocycles. The van der Waals surface area contributed by atoms with Crippen LogP contribution in [-0.4, -0.2) is 10.7 Å². The first kappa shape index (κ1) is 15.1. The van der Waals surface area contributed by atoms with Crippen molar-refractivity contribution in [3.8, 4) is 0 Å². The zero-order valence-corrected chi connectivity index (χ0v) is 14.1. The maximum absolute atomic E-state index is 11.6. The molecular formula is C20H30O. The van der Waals surface area contributed by atoms with Crippen LogP contribution in [0.4, 0.5) is 0 Å². The van der Waals surface area contributed by atoms with Gasteiger partial charge in [0.2, 0.25) is 0 Å². The first-order valence-electron chi connectivity index (χ1n) is 8.54. The van der Waals surface area contributed by atoms with Gasteiger partial charge in [-0.15, -0.1) is 0 Å². The summed E-state index contributed by atoms with van der Waals surface area (Å²) in [5.41, 5.74) is 3.45. The number of fused-ring (bicyclic) bond motifs is 2. The molecular weight excluding hydrogens is 256 g/mol. The lowest BCUT2D eigenvalue weighted by molar-refractivity contribution is -0.0833. The lowest BCUT2D eigenvalue weighted by Gasteiger charge is -2.51. The average molecular weight is 286 g/mol. The smallest absolute Gasteiger partial charge is 0.0918 e. The van der Waals surface area contributed by atoms with E-state index in [1.165, 1.54) is 17.6 Å². The minimum atomic E-state index is -0.696. The summed E-state index contributed by atoms with van der Waals surface area (Å²) in [4.78, 5) is 0. The molecule has 3 aliphatic carbocycles. The Hall–Kier alpha value is -0.820. The molecule has 1 N–H and O–H groups in total. The fourth-order valence-corrected chi connectivity index (χ4v) is 5.02. The molecule has 3 unspecified atom stereocenters. The summed E-state index contributed by atoms with van der Waals surface area (Å²) >= 11 is 0. The van der Waals surface area contributed by atoms with Gasteiger partial charge in [-0.25, -0.2) is 0 Å². The van der Waals surface area contributed by atoms with E-state index in [1.807, 2.05) is 0 Å². The summed E-state index contributed by atoms with van der Waals surface area (Å²) in [6.07, 6.45) is 11.0. The third-order valence-electron chi connectivity index (χ3n) is 6.55. The zero-order chi connectivity index (χ0) is 15.5. The molecule has 0 aromatic rings. The predicted octanol–water partition coefficient (Wildman–Crippen LogP) is 5.18. The van der Waals surface area contributed by atoms with E-state index < -0.39 is 5.60 Å². The van der Waals surface area contributed by atoms with Crippen molar-refractivity contribution in [1.29, 1.82) is 0 Å². The Morgan fingerprint density at radius 2 is 1.90 bits per heavy atom. The summed E-state index contributed by atoms with van der Waals surface area (Å²) < 4.78 is 0. The van der Waals surface area contributed by atoms with Gasteiger partial charge < -0.3 is 5.11 Å². The van der Waals surface area contributed by atoms with E-state index in [0.717, 1.165) is 37.7 Å². The van der Waals surface area contributed by atoms with Crippen LogP contribution in [0.1, 0.15) is 66.2 Å². The van der Waals surface area contributed by atoms with Crippen LogP contribution < -0.4 is 0 Å². The standard InChI is InChI=1S/C20H30O/c1-14(2)16-8-11-18(4)13-20(21)15(3)7-6-10-19(20,5)12-9-17(16)18/h8-9,14,21H,3,6-7,10-13H2,1-2,4-5H3. The van der Waals surface area contributed by atoms with Crippen LogP contribution >= 0.6 is 0 Å². The molecule has 116 valence electrons. The molecule has 0 aliphatic heterocycles. The molecule has 0 radical (unpaired) electrons. The van der Waals surface area contributed by atoms with Crippen molar-refractivity contribution >= 4 is 0 Å². The maximum Gasteiger partial charge on any atom is 0.0918 e. The van der Waals surface area contributed by atoms with Gasteiger partial charge in [-0.1, -0.05) is 46.4 Å². The minimum Gasteiger partial charge on any atom is -0.385 e. The molecule has 3 rings (SSSR count). The van der Waals surface area contributed by atoms with Crippen LogP contribution in [0.5, 0.6) is 0 Å². The molecule has 3 atom stereocenters. The zero-order valence-electron chi connectivity index (χ0n) is 14.1. The molecule has 0 amide bonds. The molecule has 1 heteroatoms. The molecule has 1 fully saturated rings. The van der Waals surface area contributed by atoms with Crippen LogP contribution in [0.2, 0.25) is 0 Å². The first-order valence-corrected chi connectivity index (χ1v) is 8.54. The molecule has 3 aliphatic rings.